The molecule has 7 heteroatoms. The fourth-order valence-electron chi connectivity index (χ4n) is 3.20. The summed E-state index contributed by atoms with van der Waals surface area (Å²) in [7, 11) is 0. The van der Waals surface area contributed by atoms with Gasteiger partial charge in [0.15, 0.2) is 5.82 Å². The predicted octanol–water partition coefficient (Wildman–Crippen LogP) is 3.51. The van der Waals surface area contributed by atoms with E-state index in [9.17, 15) is 0 Å². The quantitative estimate of drug-likeness (QED) is 0.707. The summed E-state index contributed by atoms with van der Waals surface area (Å²) in [4.78, 5) is 11.3. The predicted molar refractivity (Wildman–Crippen MR) is 101 cm³/mol. The van der Waals surface area contributed by atoms with E-state index in [0.717, 1.165) is 46.7 Å². The van der Waals surface area contributed by atoms with Crippen LogP contribution in [0.5, 0.6) is 0 Å². The first-order valence-electron chi connectivity index (χ1n) is 8.58. The summed E-state index contributed by atoms with van der Waals surface area (Å²) >= 11 is 5.99. The van der Waals surface area contributed by atoms with Crippen molar-refractivity contribution in [3.63, 3.8) is 0 Å². The first-order chi connectivity index (χ1) is 12.6. The largest absolute Gasteiger partial charge is 0.370 e. The van der Waals surface area contributed by atoms with Crippen molar-refractivity contribution in [2.75, 3.05) is 24.6 Å². The van der Waals surface area contributed by atoms with Gasteiger partial charge in [-0.05, 0) is 37.6 Å². The maximum atomic E-state index is 5.99. The third kappa shape index (κ3) is 3.43. The summed E-state index contributed by atoms with van der Waals surface area (Å²) in [6.07, 6.45) is 3.51. The zero-order valence-corrected chi connectivity index (χ0v) is 15.5. The van der Waals surface area contributed by atoms with Crippen LogP contribution in [0.1, 0.15) is 23.1 Å². The molecule has 1 saturated heterocycles. The Morgan fingerprint density at radius 1 is 1.12 bits per heavy atom. The molecule has 1 fully saturated rings. The zero-order valence-electron chi connectivity index (χ0n) is 14.8. The van der Waals surface area contributed by atoms with E-state index in [1.165, 1.54) is 0 Å². The average Bonchev–Trinajstić information content (AvgIpc) is 3.01. The third-order valence-electron chi connectivity index (χ3n) is 4.47. The highest BCUT2D eigenvalue weighted by molar-refractivity contribution is 6.30. The molecule has 3 aromatic rings. The topological polar surface area (TPSA) is 56.1 Å². The maximum absolute atomic E-state index is 5.99. The summed E-state index contributed by atoms with van der Waals surface area (Å²) < 4.78 is 7.76. The van der Waals surface area contributed by atoms with Gasteiger partial charge < -0.3 is 9.64 Å². The van der Waals surface area contributed by atoms with Gasteiger partial charge in [0, 0.05) is 23.8 Å². The Labute approximate surface area is 157 Å². The van der Waals surface area contributed by atoms with Crippen molar-refractivity contribution < 1.29 is 4.74 Å². The average molecular weight is 370 g/mol. The number of hydrogen-bond donors (Lipinski definition) is 0. The molecule has 4 rings (SSSR count). The van der Waals surface area contributed by atoms with Crippen molar-refractivity contribution in [2.24, 2.45) is 0 Å². The van der Waals surface area contributed by atoms with Crippen LogP contribution in [-0.4, -0.2) is 39.4 Å². The van der Waals surface area contributed by atoms with Crippen LogP contribution in [0, 0.1) is 13.8 Å². The number of nitrogens with zero attached hydrogens (tertiary/aromatic N) is 5. The molecule has 0 bridgehead atoms. The normalized spacial score (nSPS) is 17.5. The van der Waals surface area contributed by atoms with Gasteiger partial charge in [0.1, 0.15) is 11.9 Å². The van der Waals surface area contributed by atoms with Crippen LogP contribution in [0.3, 0.4) is 0 Å². The van der Waals surface area contributed by atoms with Crippen molar-refractivity contribution in [3.05, 3.63) is 64.7 Å². The highest BCUT2D eigenvalue weighted by Crippen LogP contribution is 2.26. The van der Waals surface area contributed by atoms with Gasteiger partial charge in [-0.2, -0.15) is 5.10 Å². The lowest BCUT2D eigenvalue weighted by atomic mass is 10.1. The van der Waals surface area contributed by atoms with Crippen molar-refractivity contribution in [2.45, 2.75) is 20.0 Å². The smallest absolute Gasteiger partial charge is 0.174 e. The van der Waals surface area contributed by atoms with Crippen molar-refractivity contribution in [1.82, 2.24) is 19.7 Å². The highest BCUT2D eigenvalue weighted by Gasteiger charge is 2.23. The number of ether oxygens (including phenoxy) is 1. The third-order valence-corrected chi connectivity index (χ3v) is 4.72. The molecule has 6 nitrogen and oxygen atoms in total. The molecule has 2 aromatic heterocycles. The fraction of sp³-hybridized carbons (Fsp3) is 0.316. The number of hydrogen-bond acceptors (Lipinski definition) is 5. The van der Waals surface area contributed by atoms with E-state index in [-0.39, 0.29) is 6.10 Å². The van der Waals surface area contributed by atoms with E-state index >= 15 is 0 Å². The van der Waals surface area contributed by atoms with E-state index < -0.39 is 0 Å². The Bertz CT molecular complexity index is 909. The second kappa shape index (κ2) is 7.05. The van der Waals surface area contributed by atoms with Crippen molar-refractivity contribution >= 4 is 17.4 Å². The summed E-state index contributed by atoms with van der Waals surface area (Å²) in [5, 5.41) is 5.22. The molecule has 26 heavy (non-hydrogen) atoms. The van der Waals surface area contributed by atoms with E-state index in [2.05, 4.69) is 15.0 Å². The van der Waals surface area contributed by atoms with Gasteiger partial charge in [0.25, 0.3) is 0 Å². The Kier molecular flexibility index (Phi) is 4.61. The first kappa shape index (κ1) is 17.0. The maximum Gasteiger partial charge on any atom is 0.174 e. The lowest BCUT2D eigenvalue weighted by Crippen LogP contribution is -2.39. The molecule has 1 unspecified atom stereocenters. The van der Waals surface area contributed by atoms with Crippen molar-refractivity contribution in [1.29, 1.82) is 0 Å². The molecule has 0 saturated carbocycles. The van der Waals surface area contributed by atoms with Crippen LogP contribution in [0.25, 0.3) is 5.82 Å². The minimum absolute atomic E-state index is 0.0137. The number of rotatable bonds is 3. The number of aromatic nitrogens is 4. The first-order valence-corrected chi connectivity index (χ1v) is 8.95. The Morgan fingerprint density at radius 3 is 2.62 bits per heavy atom. The molecule has 1 atom stereocenters. The van der Waals surface area contributed by atoms with Gasteiger partial charge in [0.05, 0.1) is 24.7 Å². The molecule has 1 aromatic carbocycles. The summed E-state index contributed by atoms with van der Waals surface area (Å²) in [6.45, 7) is 6.12. The van der Waals surface area contributed by atoms with E-state index in [1.807, 2.05) is 48.9 Å². The number of morpholine rings is 1. The minimum atomic E-state index is -0.0137. The molecule has 0 aliphatic carbocycles. The number of aryl methyl sites for hydroxylation is 2. The number of anilines is 1. The molecule has 1 aliphatic rings. The number of halogens is 1. The Balaban J connectivity index is 1.58. The highest BCUT2D eigenvalue weighted by atomic mass is 35.5. The van der Waals surface area contributed by atoms with Crippen LogP contribution in [0.4, 0.5) is 5.82 Å². The lowest BCUT2D eigenvalue weighted by molar-refractivity contribution is 0.0395. The van der Waals surface area contributed by atoms with Crippen LogP contribution < -0.4 is 4.90 Å². The molecule has 134 valence electrons. The van der Waals surface area contributed by atoms with E-state index in [1.54, 1.807) is 12.4 Å². The molecule has 0 radical (unpaired) electrons. The zero-order chi connectivity index (χ0) is 18.1. The van der Waals surface area contributed by atoms with E-state index in [4.69, 9.17) is 21.3 Å². The molecule has 0 N–H and O–H groups in total. The van der Waals surface area contributed by atoms with Crippen LogP contribution in [0.2, 0.25) is 5.02 Å². The second-order valence-corrected chi connectivity index (χ2v) is 6.87. The molecule has 1 aliphatic heterocycles. The summed E-state index contributed by atoms with van der Waals surface area (Å²) in [5.41, 5.74) is 3.11. The standard InChI is InChI=1S/C19H20ClN5O/c1-13-9-14(2)25(23-13)19-11-21-10-18(22-19)24-7-8-26-17(12-24)15-3-5-16(20)6-4-15/h3-6,9-11,17H,7-8,12H2,1-2H3. The van der Waals surface area contributed by atoms with Gasteiger partial charge in [-0.15, -0.1) is 0 Å². The molecule has 3 heterocycles. The summed E-state index contributed by atoms with van der Waals surface area (Å²) in [5.74, 6) is 1.56. The SMILES string of the molecule is Cc1cc(C)n(-c2cncc(N3CCOC(c4ccc(Cl)cc4)C3)n2)n1. The van der Waals surface area contributed by atoms with Gasteiger partial charge in [-0.1, -0.05) is 23.7 Å². The van der Waals surface area contributed by atoms with Gasteiger partial charge in [-0.3, -0.25) is 4.98 Å². The second-order valence-electron chi connectivity index (χ2n) is 6.43. The van der Waals surface area contributed by atoms with Crippen LogP contribution >= 0.6 is 11.6 Å². The molecule has 0 spiro atoms. The molecular weight excluding hydrogens is 350 g/mol. The van der Waals surface area contributed by atoms with Gasteiger partial charge in [0.2, 0.25) is 0 Å². The van der Waals surface area contributed by atoms with Gasteiger partial charge in [-0.25, -0.2) is 9.67 Å². The van der Waals surface area contributed by atoms with Crippen LogP contribution in [-0.2, 0) is 4.74 Å². The number of benzene rings is 1. The van der Waals surface area contributed by atoms with Crippen molar-refractivity contribution in [3.8, 4) is 5.82 Å². The Morgan fingerprint density at radius 2 is 1.88 bits per heavy atom. The Hall–Kier alpha value is -2.44. The fourth-order valence-corrected chi connectivity index (χ4v) is 3.32. The summed E-state index contributed by atoms with van der Waals surface area (Å²) in [6, 6.07) is 9.83. The van der Waals surface area contributed by atoms with Crippen LogP contribution in [0.15, 0.2) is 42.7 Å². The molecule has 0 amide bonds. The van der Waals surface area contributed by atoms with E-state index in [0.29, 0.717) is 6.61 Å². The van der Waals surface area contributed by atoms with Gasteiger partial charge >= 0.3 is 0 Å². The molecular formula is C19H20ClN5O. The minimum Gasteiger partial charge on any atom is -0.370 e. The monoisotopic (exact) mass is 369 g/mol. The lowest BCUT2D eigenvalue weighted by Gasteiger charge is -2.33.